The summed E-state index contributed by atoms with van der Waals surface area (Å²) in [4.78, 5) is 36.1. The number of hydrogen-bond acceptors (Lipinski definition) is 7. The molecular formula is C26H40O7. The summed E-state index contributed by atoms with van der Waals surface area (Å²) >= 11 is 0. The minimum absolute atomic E-state index is 0.256. The van der Waals surface area contributed by atoms with Gasteiger partial charge in [0, 0.05) is 25.0 Å². The molecule has 0 aromatic rings. The number of unbranched alkanes of at least 4 members (excludes halogenated alkanes) is 4. The molecule has 1 aliphatic rings. The van der Waals surface area contributed by atoms with Crippen LogP contribution >= 0.6 is 0 Å². The Morgan fingerprint density at radius 3 is 2.48 bits per heavy atom. The van der Waals surface area contributed by atoms with Crippen molar-refractivity contribution in [3.05, 3.63) is 36.5 Å². The lowest BCUT2D eigenvalue weighted by Gasteiger charge is -2.52. The van der Waals surface area contributed by atoms with Crippen molar-refractivity contribution in [2.24, 2.45) is 5.41 Å². The fourth-order valence-electron chi connectivity index (χ4n) is 4.15. The first kappa shape index (κ1) is 28.8. The molecule has 0 saturated carbocycles. The Kier molecular flexibility index (Phi) is 12.3. The van der Waals surface area contributed by atoms with Crippen molar-refractivity contribution in [1.82, 2.24) is 0 Å². The molecule has 0 spiro atoms. The highest BCUT2D eigenvalue weighted by Crippen LogP contribution is 2.48. The molecule has 0 aliphatic carbocycles. The van der Waals surface area contributed by atoms with Gasteiger partial charge in [0.15, 0.2) is 6.10 Å². The van der Waals surface area contributed by atoms with Crippen molar-refractivity contribution in [3.63, 3.8) is 0 Å². The number of hydrogen-bond donors (Lipinski definition) is 0. The summed E-state index contributed by atoms with van der Waals surface area (Å²) in [6, 6.07) is 0. The lowest BCUT2D eigenvalue weighted by Crippen LogP contribution is -2.62. The second kappa shape index (κ2) is 14.1. The monoisotopic (exact) mass is 464 g/mol. The molecule has 33 heavy (non-hydrogen) atoms. The van der Waals surface area contributed by atoms with Crippen molar-refractivity contribution in [3.8, 4) is 0 Å². The Balaban J connectivity index is 3.39. The van der Waals surface area contributed by atoms with E-state index in [4.69, 9.17) is 18.9 Å². The van der Waals surface area contributed by atoms with Crippen LogP contribution in [0.3, 0.4) is 0 Å². The number of carbonyl (C=O) groups is 3. The van der Waals surface area contributed by atoms with E-state index in [0.29, 0.717) is 24.7 Å². The largest absolute Gasteiger partial charge is 0.466 e. The maximum atomic E-state index is 12.8. The van der Waals surface area contributed by atoms with Gasteiger partial charge in [0.2, 0.25) is 5.79 Å². The van der Waals surface area contributed by atoms with Gasteiger partial charge in [-0.05, 0) is 30.9 Å². The van der Waals surface area contributed by atoms with Crippen LogP contribution in [0.2, 0.25) is 0 Å². The molecule has 1 aliphatic heterocycles. The molecule has 0 radical (unpaired) electrons. The summed E-state index contributed by atoms with van der Waals surface area (Å²) in [5, 5.41) is 0. The van der Waals surface area contributed by atoms with Gasteiger partial charge in [0.1, 0.15) is 6.29 Å². The summed E-state index contributed by atoms with van der Waals surface area (Å²) in [6.45, 7) is 9.58. The minimum atomic E-state index is -1.48. The van der Waals surface area contributed by atoms with Gasteiger partial charge >= 0.3 is 11.9 Å². The average molecular weight is 465 g/mol. The predicted molar refractivity (Wildman–Crippen MR) is 126 cm³/mol. The Bertz CT molecular complexity index is 722. The maximum absolute atomic E-state index is 12.8. The number of methoxy groups -OCH3 is 2. The normalized spacial score (nSPS) is 24.6. The van der Waals surface area contributed by atoms with Crippen LogP contribution in [-0.4, -0.2) is 50.4 Å². The molecule has 0 aromatic heterocycles. The van der Waals surface area contributed by atoms with Crippen LogP contribution in [0.15, 0.2) is 36.5 Å². The van der Waals surface area contributed by atoms with Crippen LogP contribution in [-0.2, 0) is 33.3 Å². The molecular weight excluding hydrogens is 424 g/mol. The van der Waals surface area contributed by atoms with Crippen molar-refractivity contribution < 1.29 is 33.3 Å². The standard InChI is InChI=1S/C26H40O7/c1-7-9-10-11-12-15-22(28)32-24-20(19-23(29)30-5)18-21(14-8-2)33-26(24,31-6)25(3,4)16-13-17-27/h8,13,16-17,19,21,24H,2,7,9-12,14-15,18H2,1,3-6H3/b16-13+,20-19-/t21-,24+,26-/m1/s1. The third-order valence-electron chi connectivity index (χ3n) is 5.95. The fraction of sp³-hybridized carbons (Fsp3) is 0.654. The van der Waals surface area contributed by atoms with Gasteiger partial charge in [0.05, 0.1) is 13.2 Å². The average Bonchev–Trinajstić information content (AvgIpc) is 2.78. The zero-order valence-corrected chi connectivity index (χ0v) is 20.8. The van der Waals surface area contributed by atoms with Crippen LogP contribution in [0.1, 0.15) is 72.1 Å². The Morgan fingerprint density at radius 1 is 1.21 bits per heavy atom. The first-order chi connectivity index (χ1) is 15.7. The maximum Gasteiger partial charge on any atom is 0.330 e. The Labute approximate surface area is 198 Å². The van der Waals surface area contributed by atoms with Gasteiger partial charge in [-0.3, -0.25) is 9.59 Å². The molecule has 7 heteroatoms. The number of rotatable bonds is 14. The van der Waals surface area contributed by atoms with Crippen LogP contribution in [0.25, 0.3) is 0 Å². The summed E-state index contributed by atoms with van der Waals surface area (Å²) in [6.07, 6.45) is 11.4. The Morgan fingerprint density at radius 2 is 1.91 bits per heavy atom. The third kappa shape index (κ3) is 7.93. The highest BCUT2D eigenvalue weighted by molar-refractivity contribution is 5.83. The van der Waals surface area contributed by atoms with E-state index in [2.05, 4.69) is 13.5 Å². The quantitative estimate of drug-likeness (QED) is 0.119. The highest BCUT2D eigenvalue weighted by Gasteiger charge is 2.58. The molecule has 1 saturated heterocycles. The lowest BCUT2D eigenvalue weighted by molar-refractivity contribution is -0.335. The van der Waals surface area contributed by atoms with Gasteiger partial charge in [-0.25, -0.2) is 4.79 Å². The number of allylic oxidation sites excluding steroid dienone is 1. The molecule has 0 unspecified atom stereocenters. The van der Waals surface area contributed by atoms with E-state index >= 15 is 0 Å². The predicted octanol–water partition coefficient (Wildman–Crippen LogP) is 4.85. The van der Waals surface area contributed by atoms with Crippen LogP contribution in [0.4, 0.5) is 0 Å². The van der Waals surface area contributed by atoms with Gasteiger partial charge in [-0.15, -0.1) is 6.58 Å². The summed E-state index contributed by atoms with van der Waals surface area (Å²) in [7, 11) is 2.76. The molecule has 0 bridgehead atoms. The molecule has 0 amide bonds. The van der Waals surface area contributed by atoms with Crippen LogP contribution in [0, 0.1) is 5.41 Å². The summed E-state index contributed by atoms with van der Waals surface area (Å²) in [5.41, 5.74) is -0.363. The van der Waals surface area contributed by atoms with E-state index in [1.807, 2.05) is 13.8 Å². The molecule has 1 fully saturated rings. The summed E-state index contributed by atoms with van der Waals surface area (Å²) in [5.74, 6) is -2.43. The van der Waals surface area contributed by atoms with Crippen molar-refractivity contribution in [2.45, 2.75) is 90.1 Å². The first-order valence-corrected chi connectivity index (χ1v) is 11.7. The van der Waals surface area contributed by atoms with Crippen LogP contribution in [0.5, 0.6) is 0 Å². The van der Waals surface area contributed by atoms with Gasteiger partial charge in [-0.2, -0.15) is 0 Å². The van der Waals surface area contributed by atoms with E-state index in [9.17, 15) is 14.4 Å². The van der Waals surface area contributed by atoms with Crippen LogP contribution < -0.4 is 0 Å². The zero-order valence-electron chi connectivity index (χ0n) is 20.8. The van der Waals surface area contributed by atoms with E-state index < -0.39 is 29.2 Å². The van der Waals surface area contributed by atoms with Gasteiger partial charge in [-0.1, -0.05) is 58.6 Å². The number of esters is 2. The molecule has 7 nitrogen and oxygen atoms in total. The molecule has 186 valence electrons. The molecule has 1 rings (SSSR count). The molecule has 0 N–H and O–H groups in total. The SMILES string of the molecule is C=CC[C@@H]1C/C(=C/C(=O)OC)[C@H](OC(=O)CCCCCCC)[C@](OC)(C(C)(C)/C=C/C=O)O1. The molecule has 0 aromatic carbocycles. The van der Waals surface area contributed by atoms with Gasteiger partial charge < -0.3 is 18.9 Å². The third-order valence-corrected chi connectivity index (χ3v) is 5.95. The highest BCUT2D eigenvalue weighted by atomic mass is 16.7. The summed E-state index contributed by atoms with van der Waals surface area (Å²) < 4.78 is 23.1. The lowest BCUT2D eigenvalue weighted by atomic mass is 9.74. The number of ether oxygens (including phenoxy) is 4. The second-order valence-corrected chi connectivity index (χ2v) is 8.83. The number of aldehydes is 1. The van der Waals surface area contributed by atoms with Crippen molar-refractivity contribution in [1.29, 1.82) is 0 Å². The minimum Gasteiger partial charge on any atom is -0.466 e. The first-order valence-electron chi connectivity index (χ1n) is 11.7. The fourth-order valence-corrected chi connectivity index (χ4v) is 4.15. The van der Waals surface area contributed by atoms with Crippen molar-refractivity contribution >= 4 is 18.2 Å². The second-order valence-electron chi connectivity index (χ2n) is 8.83. The molecule has 3 atom stereocenters. The van der Waals surface area contributed by atoms with E-state index in [-0.39, 0.29) is 12.5 Å². The van der Waals surface area contributed by atoms with E-state index in [1.54, 1.807) is 12.2 Å². The van der Waals surface area contributed by atoms with E-state index in [0.717, 1.165) is 32.1 Å². The Hall–Kier alpha value is -2.25. The topological polar surface area (TPSA) is 88.1 Å². The zero-order chi connectivity index (χ0) is 24.9. The molecule has 1 heterocycles. The van der Waals surface area contributed by atoms with Gasteiger partial charge in [0.25, 0.3) is 0 Å². The number of carbonyl (C=O) groups excluding carboxylic acids is 3. The van der Waals surface area contributed by atoms with E-state index in [1.165, 1.54) is 26.4 Å². The van der Waals surface area contributed by atoms with Crippen molar-refractivity contribution in [2.75, 3.05) is 14.2 Å². The smallest absolute Gasteiger partial charge is 0.330 e.